The summed E-state index contributed by atoms with van der Waals surface area (Å²) < 4.78 is 5.34. The zero-order valence-electron chi connectivity index (χ0n) is 11.7. The molecule has 0 aliphatic heterocycles. The molecule has 1 aromatic carbocycles. The number of allylic oxidation sites excluding steroid dienone is 6. The lowest BCUT2D eigenvalue weighted by molar-refractivity contribution is 0.420. The first-order valence-corrected chi connectivity index (χ1v) is 6.66. The second kappa shape index (κ2) is 5.29. The number of nitrogens with zero attached hydrogens (tertiary/aromatic N) is 1. The van der Waals surface area contributed by atoms with Crippen molar-refractivity contribution >= 4 is 5.57 Å². The number of aliphatic hydroxyl groups excluding tert-OH is 1. The quantitative estimate of drug-likeness (QED) is 0.834. The molecule has 0 saturated carbocycles. The Morgan fingerprint density at radius 1 is 1.14 bits per heavy atom. The van der Waals surface area contributed by atoms with Crippen molar-refractivity contribution < 1.29 is 9.63 Å². The maximum absolute atomic E-state index is 10.2. The zero-order chi connectivity index (χ0) is 14.8. The Labute approximate surface area is 123 Å². The molecule has 104 valence electrons. The maximum atomic E-state index is 10.2. The number of benzene rings is 1. The molecule has 1 N–H and O–H groups in total. The molecule has 1 aliphatic rings. The van der Waals surface area contributed by atoms with Crippen molar-refractivity contribution in [1.82, 2.24) is 5.16 Å². The number of aromatic nitrogens is 1. The van der Waals surface area contributed by atoms with Gasteiger partial charge in [-0.15, -0.1) is 0 Å². The molecule has 0 saturated heterocycles. The molecular formula is C18H15NO2. The third-order valence-corrected chi connectivity index (χ3v) is 3.38. The molecule has 0 bridgehead atoms. The monoisotopic (exact) mass is 277 g/mol. The molecule has 3 heteroatoms. The largest absolute Gasteiger partial charge is 0.507 e. The molecule has 0 unspecified atom stereocenters. The molecule has 21 heavy (non-hydrogen) atoms. The molecule has 0 radical (unpaired) electrons. The average Bonchev–Trinajstić information content (AvgIpc) is 3.18. The molecule has 2 aromatic rings. The van der Waals surface area contributed by atoms with Crippen LogP contribution in [0.5, 0.6) is 0 Å². The minimum atomic E-state index is 0.115. The van der Waals surface area contributed by atoms with Gasteiger partial charge in [-0.2, -0.15) is 0 Å². The lowest BCUT2D eigenvalue weighted by Crippen LogP contribution is -1.90. The van der Waals surface area contributed by atoms with Crippen LogP contribution in [0.25, 0.3) is 16.9 Å². The first-order valence-electron chi connectivity index (χ1n) is 6.66. The van der Waals surface area contributed by atoms with Crippen molar-refractivity contribution in [2.75, 3.05) is 0 Å². The highest BCUT2D eigenvalue weighted by Crippen LogP contribution is 2.28. The Hall–Kier alpha value is -2.81. The predicted octanol–water partition coefficient (Wildman–Crippen LogP) is 4.60. The summed E-state index contributed by atoms with van der Waals surface area (Å²) in [6.07, 6.45) is 7.36. The third kappa shape index (κ3) is 2.58. The summed E-state index contributed by atoms with van der Waals surface area (Å²) in [6, 6.07) is 9.76. The van der Waals surface area contributed by atoms with E-state index in [0.717, 1.165) is 11.1 Å². The molecule has 0 amide bonds. The van der Waals surface area contributed by atoms with Crippen LogP contribution in [-0.2, 0) is 0 Å². The fraction of sp³-hybridized carbons (Fsp3) is 0.0556. The second-order valence-corrected chi connectivity index (χ2v) is 4.94. The Kier molecular flexibility index (Phi) is 3.32. The number of hydrogen-bond donors (Lipinski definition) is 1. The van der Waals surface area contributed by atoms with E-state index < -0.39 is 0 Å². The highest BCUT2D eigenvalue weighted by atomic mass is 16.5. The van der Waals surface area contributed by atoms with Crippen LogP contribution < -0.4 is 0 Å². The summed E-state index contributed by atoms with van der Waals surface area (Å²) in [7, 11) is 0. The number of aliphatic hydroxyl groups is 1. The van der Waals surface area contributed by atoms with Crippen LogP contribution in [0, 0.1) is 6.92 Å². The van der Waals surface area contributed by atoms with Crippen LogP contribution >= 0.6 is 0 Å². The number of aryl methyl sites for hydroxylation is 1. The van der Waals surface area contributed by atoms with E-state index in [9.17, 15) is 5.11 Å². The van der Waals surface area contributed by atoms with Crippen LogP contribution in [0.3, 0.4) is 0 Å². The van der Waals surface area contributed by atoms with Crippen molar-refractivity contribution in [3.8, 4) is 11.3 Å². The highest BCUT2D eigenvalue weighted by molar-refractivity contribution is 5.77. The van der Waals surface area contributed by atoms with Gasteiger partial charge in [0.2, 0.25) is 0 Å². The van der Waals surface area contributed by atoms with Gasteiger partial charge in [0.05, 0.1) is 0 Å². The van der Waals surface area contributed by atoms with Crippen LogP contribution in [0.1, 0.15) is 11.3 Å². The van der Waals surface area contributed by atoms with Gasteiger partial charge in [-0.05, 0) is 6.92 Å². The summed E-state index contributed by atoms with van der Waals surface area (Å²) in [5.74, 6) is 0.769. The average molecular weight is 277 g/mol. The Bertz CT molecular complexity index is 760. The standard InChI is InChI=1S/C18H15NO2/c1-12-7-9-14(10-8-12)17-11-16(19-21-17)13(2)18(20)15-5-3-4-6-15/h3-11,20H,2H2,1H3. The molecule has 3 rings (SSSR count). The molecule has 0 spiro atoms. The fourth-order valence-corrected chi connectivity index (χ4v) is 2.10. The van der Waals surface area contributed by atoms with Gasteiger partial charge in [-0.1, -0.05) is 65.9 Å². The van der Waals surface area contributed by atoms with Crippen molar-refractivity contribution in [2.45, 2.75) is 6.92 Å². The minimum Gasteiger partial charge on any atom is -0.507 e. The van der Waals surface area contributed by atoms with Gasteiger partial charge >= 0.3 is 0 Å². The van der Waals surface area contributed by atoms with Crippen LogP contribution in [0.2, 0.25) is 0 Å². The Morgan fingerprint density at radius 2 is 1.81 bits per heavy atom. The Morgan fingerprint density at radius 3 is 2.48 bits per heavy atom. The van der Waals surface area contributed by atoms with Crippen LogP contribution in [0.15, 0.2) is 77.1 Å². The summed E-state index contributed by atoms with van der Waals surface area (Å²) in [5.41, 5.74) is 3.83. The van der Waals surface area contributed by atoms with Gasteiger partial charge in [-0.25, -0.2) is 0 Å². The van der Waals surface area contributed by atoms with Crippen molar-refractivity contribution in [2.24, 2.45) is 0 Å². The second-order valence-electron chi connectivity index (χ2n) is 4.94. The van der Waals surface area contributed by atoms with Gasteiger partial charge in [0.1, 0.15) is 11.5 Å². The van der Waals surface area contributed by atoms with Crippen LogP contribution in [-0.4, -0.2) is 10.3 Å². The van der Waals surface area contributed by atoms with E-state index in [1.165, 1.54) is 5.56 Å². The van der Waals surface area contributed by atoms with Crippen LogP contribution in [0.4, 0.5) is 0 Å². The van der Waals surface area contributed by atoms with E-state index >= 15 is 0 Å². The maximum Gasteiger partial charge on any atom is 0.167 e. The lowest BCUT2D eigenvalue weighted by atomic mass is 10.1. The van der Waals surface area contributed by atoms with E-state index in [-0.39, 0.29) is 5.76 Å². The summed E-state index contributed by atoms with van der Waals surface area (Å²) >= 11 is 0. The third-order valence-electron chi connectivity index (χ3n) is 3.38. The molecular weight excluding hydrogens is 262 g/mol. The van der Waals surface area contributed by atoms with Gasteiger partial charge in [0.15, 0.2) is 5.76 Å². The molecule has 1 aromatic heterocycles. The van der Waals surface area contributed by atoms with Gasteiger partial charge in [-0.3, -0.25) is 0 Å². The summed E-state index contributed by atoms with van der Waals surface area (Å²) in [5, 5.41) is 14.2. The smallest absolute Gasteiger partial charge is 0.167 e. The SMILES string of the molecule is C=C(C(O)=C1C=CC=C1)c1cc(-c2ccc(C)cc2)on1. The molecule has 1 heterocycles. The lowest BCUT2D eigenvalue weighted by Gasteiger charge is -2.02. The minimum absolute atomic E-state index is 0.115. The zero-order valence-corrected chi connectivity index (χ0v) is 11.7. The van der Waals surface area contributed by atoms with Gasteiger partial charge < -0.3 is 9.63 Å². The number of rotatable bonds is 3. The normalized spacial score (nSPS) is 12.9. The van der Waals surface area contributed by atoms with Gasteiger partial charge in [0, 0.05) is 22.8 Å². The first kappa shape index (κ1) is 13.2. The van der Waals surface area contributed by atoms with Gasteiger partial charge in [0.25, 0.3) is 0 Å². The molecule has 1 aliphatic carbocycles. The topological polar surface area (TPSA) is 46.3 Å². The molecule has 3 nitrogen and oxygen atoms in total. The van der Waals surface area contributed by atoms with Crippen molar-refractivity contribution in [1.29, 1.82) is 0 Å². The summed E-state index contributed by atoms with van der Waals surface area (Å²) in [6.45, 7) is 5.92. The number of hydrogen-bond acceptors (Lipinski definition) is 3. The van der Waals surface area contributed by atoms with E-state index in [2.05, 4.69) is 11.7 Å². The van der Waals surface area contributed by atoms with Crippen molar-refractivity contribution in [3.05, 3.63) is 83.8 Å². The van der Waals surface area contributed by atoms with E-state index in [4.69, 9.17) is 4.52 Å². The molecule has 0 atom stereocenters. The first-order chi connectivity index (χ1) is 10.1. The summed E-state index contributed by atoms with van der Waals surface area (Å²) in [4.78, 5) is 0. The van der Waals surface area contributed by atoms with Crippen molar-refractivity contribution in [3.63, 3.8) is 0 Å². The van der Waals surface area contributed by atoms with E-state index in [0.29, 0.717) is 17.0 Å². The van der Waals surface area contributed by atoms with E-state index in [1.807, 2.05) is 55.5 Å². The molecule has 0 fully saturated rings. The fourth-order valence-electron chi connectivity index (χ4n) is 2.10. The van der Waals surface area contributed by atoms with E-state index in [1.54, 1.807) is 6.07 Å². The highest BCUT2D eigenvalue weighted by Gasteiger charge is 2.14. The predicted molar refractivity (Wildman–Crippen MR) is 83.6 cm³/mol. The Balaban J connectivity index is 1.90.